The number of benzene rings is 1. The third-order valence-electron chi connectivity index (χ3n) is 4.31. The molecule has 1 nitrogen and oxygen atoms in total. The molecular formula is C16H24BrN. The largest absolute Gasteiger partial charge is 0.316 e. The Morgan fingerprint density at radius 1 is 1.33 bits per heavy atom. The van der Waals surface area contributed by atoms with Crippen LogP contribution in [-0.4, -0.2) is 13.1 Å². The van der Waals surface area contributed by atoms with Crippen LogP contribution < -0.4 is 5.32 Å². The van der Waals surface area contributed by atoms with E-state index in [0.717, 1.165) is 18.3 Å². The molecule has 0 amide bonds. The molecule has 0 heterocycles. The molecule has 0 spiro atoms. The minimum absolute atomic E-state index is 0.617. The van der Waals surface area contributed by atoms with E-state index in [1.807, 2.05) is 0 Å². The summed E-state index contributed by atoms with van der Waals surface area (Å²) in [6.07, 6.45) is 6.73. The lowest BCUT2D eigenvalue weighted by Gasteiger charge is -2.33. The summed E-state index contributed by atoms with van der Waals surface area (Å²) in [5, 5.41) is 3.55. The van der Waals surface area contributed by atoms with Crippen LogP contribution in [0.5, 0.6) is 0 Å². The standard InChI is InChI=1S/C16H24BrN/c1-12-6-5-8-14(10-12)16(18-2)11-13-7-3-4-9-15(13)17/h3-4,7,9,12,14,16,18H,5-6,8,10-11H2,1-2H3. The number of nitrogens with one attached hydrogen (secondary N) is 1. The predicted octanol–water partition coefficient (Wildman–Crippen LogP) is 4.41. The fourth-order valence-corrected chi connectivity index (χ4v) is 3.70. The minimum Gasteiger partial charge on any atom is -0.316 e. The van der Waals surface area contributed by atoms with Crippen LogP contribution >= 0.6 is 15.9 Å². The quantitative estimate of drug-likeness (QED) is 0.869. The highest BCUT2D eigenvalue weighted by Gasteiger charge is 2.26. The van der Waals surface area contributed by atoms with Crippen LogP contribution in [-0.2, 0) is 6.42 Å². The van der Waals surface area contributed by atoms with Gasteiger partial charge in [-0.15, -0.1) is 0 Å². The van der Waals surface area contributed by atoms with Crippen LogP contribution in [0.2, 0.25) is 0 Å². The van der Waals surface area contributed by atoms with Crippen molar-refractivity contribution in [1.82, 2.24) is 5.32 Å². The zero-order valence-corrected chi connectivity index (χ0v) is 13.0. The summed E-state index contributed by atoms with van der Waals surface area (Å²) in [6, 6.07) is 9.22. The summed E-state index contributed by atoms with van der Waals surface area (Å²) in [7, 11) is 2.11. The van der Waals surface area contributed by atoms with Crippen LogP contribution in [0.4, 0.5) is 0 Å². The molecular weight excluding hydrogens is 286 g/mol. The van der Waals surface area contributed by atoms with Gasteiger partial charge in [0.25, 0.3) is 0 Å². The van der Waals surface area contributed by atoms with Gasteiger partial charge in [0.15, 0.2) is 0 Å². The van der Waals surface area contributed by atoms with Crippen molar-refractivity contribution in [2.75, 3.05) is 7.05 Å². The third-order valence-corrected chi connectivity index (χ3v) is 5.09. The van der Waals surface area contributed by atoms with Gasteiger partial charge >= 0.3 is 0 Å². The molecule has 1 fully saturated rings. The Kier molecular flexibility index (Phi) is 5.25. The van der Waals surface area contributed by atoms with Crippen LogP contribution in [0.25, 0.3) is 0 Å². The Balaban J connectivity index is 2.03. The Bertz CT molecular complexity index is 377. The topological polar surface area (TPSA) is 12.0 Å². The normalized spacial score (nSPS) is 25.9. The second-order valence-electron chi connectivity index (χ2n) is 5.72. The fourth-order valence-electron chi connectivity index (χ4n) is 3.25. The average Bonchev–Trinajstić information content (AvgIpc) is 2.38. The van der Waals surface area contributed by atoms with E-state index in [1.165, 1.54) is 35.7 Å². The molecule has 2 heteroatoms. The monoisotopic (exact) mass is 309 g/mol. The van der Waals surface area contributed by atoms with Crippen LogP contribution in [0.3, 0.4) is 0 Å². The number of halogens is 1. The summed E-state index contributed by atoms with van der Waals surface area (Å²) >= 11 is 3.66. The van der Waals surface area contributed by atoms with E-state index in [2.05, 4.69) is 59.5 Å². The van der Waals surface area contributed by atoms with Gasteiger partial charge in [-0.2, -0.15) is 0 Å². The zero-order valence-electron chi connectivity index (χ0n) is 11.5. The van der Waals surface area contributed by atoms with Gasteiger partial charge in [-0.05, 0) is 49.8 Å². The Hall–Kier alpha value is -0.340. The summed E-state index contributed by atoms with van der Waals surface area (Å²) in [4.78, 5) is 0. The highest BCUT2D eigenvalue weighted by atomic mass is 79.9. The second kappa shape index (κ2) is 6.72. The highest BCUT2D eigenvalue weighted by molar-refractivity contribution is 9.10. The van der Waals surface area contributed by atoms with Gasteiger partial charge in [-0.3, -0.25) is 0 Å². The van der Waals surface area contributed by atoms with E-state index in [0.29, 0.717) is 6.04 Å². The van der Waals surface area contributed by atoms with Gasteiger partial charge in [0.1, 0.15) is 0 Å². The Labute approximate surface area is 119 Å². The van der Waals surface area contributed by atoms with Crippen molar-refractivity contribution < 1.29 is 0 Å². The van der Waals surface area contributed by atoms with Crippen molar-refractivity contribution in [2.24, 2.45) is 11.8 Å². The molecule has 1 aromatic carbocycles. The molecule has 0 radical (unpaired) electrons. The van der Waals surface area contributed by atoms with E-state index in [9.17, 15) is 0 Å². The molecule has 3 atom stereocenters. The first kappa shape index (κ1) is 14.1. The van der Waals surface area contributed by atoms with Crippen molar-refractivity contribution in [2.45, 2.75) is 45.1 Å². The molecule has 0 aliphatic heterocycles. The van der Waals surface area contributed by atoms with E-state index in [1.54, 1.807) is 0 Å². The van der Waals surface area contributed by atoms with Gasteiger partial charge in [0, 0.05) is 10.5 Å². The lowest BCUT2D eigenvalue weighted by molar-refractivity contribution is 0.227. The first-order valence-corrected chi connectivity index (χ1v) is 7.90. The van der Waals surface area contributed by atoms with Crippen molar-refractivity contribution in [3.63, 3.8) is 0 Å². The third kappa shape index (κ3) is 3.58. The van der Waals surface area contributed by atoms with Gasteiger partial charge < -0.3 is 5.32 Å². The summed E-state index contributed by atoms with van der Waals surface area (Å²) < 4.78 is 1.24. The van der Waals surface area contributed by atoms with Crippen molar-refractivity contribution in [3.05, 3.63) is 34.3 Å². The molecule has 0 aromatic heterocycles. The molecule has 2 rings (SSSR count). The average molecular weight is 310 g/mol. The molecule has 1 saturated carbocycles. The second-order valence-corrected chi connectivity index (χ2v) is 6.58. The molecule has 100 valence electrons. The van der Waals surface area contributed by atoms with Gasteiger partial charge in [-0.1, -0.05) is 53.9 Å². The lowest BCUT2D eigenvalue weighted by Crippen LogP contribution is -2.38. The number of rotatable bonds is 4. The van der Waals surface area contributed by atoms with Crippen molar-refractivity contribution in [3.8, 4) is 0 Å². The van der Waals surface area contributed by atoms with E-state index < -0.39 is 0 Å². The maximum absolute atomic E-state index is 3.66. The molecule has 3 unspecified atom stereocenters. The van der Waals surface area contributed by atoms with E-state index >= 15 is 0 Å². The van der Waals surface area contributed by atoms with Crippen molar-refractivity contribution in [1.29, 1.82) is 0 Å². The molecule has 1 aliphatic rings. The minimum atomic E-state index is 0.617. The van der Waals surface area contributed by atoms with Gasteiger partial charge in [-0.25, -0.2) is 0 Å². The molecule has 1 aromatic rings. The Morgan fingerprint density at radius 3 is 2.78 bits per heavy atom. The number of hydrogen-bond acceptors (Lipinski definition) is 1. The Morgan fingerprint density at radius 2 is 2.11 bits per heavy atom. The molecule has 0 bridgehead atoms. The summed E-state index contributed by atoms with van der Waals surface area (Å²) in [5.74, 6) is 1.74. The zero-order chi connectivity index (χ0) is 13.0. The number of likely N-dealkylation sites (N-methyl/N-ethyl adjacent to an activating group) is 1. The molecule has 18 heavy (non-hydrogen) atoms. The van der Waals surface area contributed by atoms with E-state index in [-0.39, 0.29) is 0 Å². The molecule has 1 N–H and O–H groups in total. The highest BCUT2D eigenvalue weighted by Crippen LogP contribution is 2.32. The van der Waals surface area contributed by atoms with Crippen LogP contribution in [0.1, 0.15) is 38.2 Å². The summed E-state index contributed by atoms with van der Waals surface area (Å²) in [6.45, 7) is 2.40. The van der Waals surface area contributed by atoms with Gasteiger partial charge in [0.2, 0.25) is 0 Å². The van der Waals surface area contributed by atoms with E-state index in [4.69, 9.17) is 0 Å². The summed E-state index contributed by atoms with van der Waals surface area (Å²) in [5.41, 5.74) is 1.43. The predicted molar refractivity (Wildman–Crippen MR) is 81.8 cm³/mol. The fraction of sp³-hybridized carbons (Fsp3) is 0.625. The first-order valence-electron chi connectivity index (χ1n) is 7.11. The maximum atomic E-state index is 3.66. The maximum Gasteiger partial charge on any atom is 0.0207 e. The number of hydrogen-bond donors (Lipinski definition) is 1. The SMILES string of the molecule is CNC(Cc1ccccc1Br)C1CCCC(C)C1. The van der Waals surface area contributed by atoms with Crippen LogP contribution in [0.15, 0.2) is 28.7 Å². The van der Waals surface area contributed by atoms with Crippen molar-refractivity contribution >= 4 is 15.9 Å². The molecule has 0 saturated heterocycles. The smallest absolute Gasteiger partial charge is 0.0207 e. The first-order chi connectivity index (χ1) is 8.70. The molecule has 1 aliphatic carbocycles. The van der Waals surface area contributed by atoms with Gasteiger partial charge in [0.05, 0.1) is 0 Å². The van der Waals surface area contributed by atoms with Crippen LogP contribution in [0, 0.1) is 11.8 Å². The lowest BCUT2D eigenvalue weighted by atomic mass is 9.77.